The van der Waals surface area contributed by atoms with Crippen molar-refractivity contribution in [3.63, 3.8) is 0 Å². The van der Waals surface area contributed by atoms with Crippen LogP contribution in [0.5, 0.6) is 0 Å². The van der Waals surface area contributed by atoms with E-state index in [1.54, 1.807) is 13.0 Å². The van der Waals surface area contributed by atoms with E-state index in [-0.39, 0.29) is 6.61 Å². The van der Waals surface area contributed by atoms with Crippen LogP contribution in [0.15, 0.2) is 11.5 Å². The summed E-state index contributed by atoms with van der Waals surface area (Å²) in [6.45, 7) is 2.88. The third kappa shape index (κ3) is 2.01. The SMILES string of the molecule is C/C=C/S(=O)C1C(C)[C@@]2(O)C(=O)OC[C@@H](O)C2S1=O. The Kier molecular flexibility index (Phi) is 3.97. The van der Waals surface area contributed by atoms with Gasteiger partial charge < -0.3 is 14.9 Å². The van der Waals surface area contributed by atoms with Crippen LogP contribution in [0.1, 0.15) is 13.8 Å². The number of aliphatic hydroxyl groups excluding tert-OH is 1. The van der Waals surface area contributed by atoms with Crippen LogP contribution in [0, 0.1) is 5.92 Å². The number of hydrogen-bond acceptors (Lipinski definition) is 6. The molecule has 2 N–H and O–H groups in total. The number of allylic oxidation sites excluding steroid dienone is 1. The first-order valence-electron chi connectivity index (χ1n) is 5.85. The molecule has 0 aromatic heterocycles. The summed E-state index contributed by atoms with van der Waals surface area (Å²) in [6.07, 6.45) is 0.347. The summed E-state index contributed by atoms with van der Waals surface area (Å²) in [4.78, 5) is 11.8. The van der Waals surface area contributed by atoms with Crippen molar-refractivity contribution < 1.29 is 28.2 Å². The van der Waals surface area contributed by atoms with E-state index in [1.165, 1.54) is 12.3 Å². The minimum Gasteiger partial charge on any atom is -0.461 e. The van der Waals surface area contributed by atoms with E-state index in [4.69, 9.17) is 4.74 Å². The second-order valence-corrected chi connectivity index (χ2v) is 8.10. The molecule has 0 radical (unpaired) electrons. The zero-order valence-corrected chi connectivity index (χ0v) is 12.1. The standard InChI is InChI=1S/C11H16O6S2/c1-3-4-18(15)9-6(2)11(14)8(19(9)16)7(12)5-17-10(11)13/h3-4,6-9,12,14H,5H2,1-2H3/b4-3+/t6?,7-,8?,9?,11+,18?,19?/m1/s1. The van der Waals surface area contributed by atoms with Crippen LogP contribution in [0.2, 0.25) is 0 Å². The molecule has 0 aromatic rings. The number of fused-ring (bicyclic) bond motifs is 1. The van der Waals surface area contributed by atoms with Crippen molar-refractivity contribution >= 4 is 27.6 Å². The summed E-state index contributed by atoms with van der Waals surface area (Å²) in [5.41, 5.74) is -2.04. The minimum absolute atomic E-state index is 0.298. The summed E-state index contributed by atoms with van der Waals surface area (Å²) in [7, 11) is -3.37. The average molecular weight is 308 g/mol. The Balaban J connectivity index is 2.46. The van der Waals surface area contributed by atoms with Gasteiger partial charge in [0, 0.05) is 16.7 Å². The third-order valence-electron chi connectivity index (χ3n) is 3.58. The monoisotopic (exact) mass is 308 g/mol. The third-order valence-corrected chi connectivity index (χ3v) is 8.16. The number of carbonyl (C=O) groups is 1. The Bertz CT molecular complexity index is 476. The summed E-state index contributed by atoms with van der Waals surface area (Å²) in [6, 6.07) is 0. The van der Waals surface area contributed by atoms with Crippen molar-refractivity contribution in [2.45, 2.75) is 35.4 Å². The number of aliphatic hydroxyl groups is 2. The number of hydrogen-bond donors (Lipinski definition) is 2. The summed E-state index contributed by atoms with van der Waals surface area (Å²) < 4.78 is 28.3. The number of esters is 1. The first-order valence-corrected chi connectivity index (χ1v) is 8.40. The Labute approximate surface area is 115 Å². The van der Waals surface area contributed by atoms with Gasteiger partial charge in [-0.2, -0.15) is 0 Å². The van der Waals surface area contributed by atoms with Crippen LogP contribution < -0.4 is 0 Å². The number of ether oxygens (including phenoxy) is 1. The van der Waals surface area contributed by atoms with Gasteiger partial charge in [0.05, 0.1) is 10.8 Å². The molecule has 7 atom stereocenters. The Hall–Kier alpha value is -0.570. The molecule has 0 aromatic carbocycles. The minimum atomic E-state index is -2.04. The molecule has 6 nitrogen and oxygen atoms in total. The maximum atomic E-state index is 12.4. The van der Waals surface area contributed by atoms with Gasteiger partial charge in [0.15, 0.2) is 5.60 Å². The molecule has 8 heteroatoms. The van der Waals surface area contributed by atoms with Crippen LogP contribution in [-0.2, 0) is 31.1 Å². The van der Waals surface area contributed by atoms with E-state index in [9.17, 15) is 23.4 Å². The predicted molar refractivity (Wildman–Crippen MR) is 69.8 cm³/mol. The van der Waals surface area contributed by atoms with Crippen LogP contribution in [0.3, 0.4) is 0 Å². The molecular weight excluding hydrogens is 292 g/mol. The molecule has 0 amide bonds. The molecule has 2 rings (SSSR count). The number of rotatable bonds is 2. The molecule has 0 saturated carbocycles. The molecule has 2 aliphatic rings. The van der Waals surface area contributed by atoms with Crippen molar-refractivity contribution in [3.8, 4) is 0 Å². The molecular formula is C11H16O6S2. The first kappa shape index (κ1) is 14.8. The normalized spacial score (nSPS) is 48.0. The Morgan fingerprint density at radius 2 is 2.21 bits per heavy atom. The second-order valence-electron chi connectivity index (χ2n) is 4.70. The summed E-state index contributed by atoms with van der Waals surface area (Å²) >= 11 is 0. The predicted octanol–water partition coefficient (Wildman–Crippen LogP) is -0.989. The average Bonchev–Trinajstić information content (AvgIpc) is 2.55. The number of carbonyl (C=O) groups excluding carboxylic acids is 1. The van der Waals surface area contributed by atoms with Gasteiger partial charge in [0.1, 0.15) is 22.5 Å². The van der Waals surface area contributed by atoms with Crippen LogP contribution in [0.4, 0.5) is 0 Å². The lowest BCUT2D eigenvalue weighted by molar-refractivity contribution is -0.187. The fraction of sp³-hybridized carbons (Fsp3) is 0.727. The lowest BCUT2D eigenvalue weighted by atomic mass is 9.83. The first-order chi connectivity index (χ1) is 8.85. The van der Waals surface area contributed by atoms with Crippen LogP contribution in [0.25, 0.3) is 0 Å². The van der Waals surface area contributed by atoms with Gasteiger partial charge >= 0.3 is 5.97 Å². The van der Waals surface area contributed by atoms with Crippen molar-refractivity contribution in [1.82, 2.24) is 0 Å². The van der Waals surface area contributed by atoms with E-state index in [0.29, 0.717) is 0 Å². The van der Waals surface area contributed by atoms with Gasteiger partial charge in [-0.1, -0.05) is 13.0 Å². The second kappa shape index (κ2) is 5.08. The van der Waals surface area contributed by atoms with Gasteiger partial charge in [0.25, 0.3) is 0 Å². The van der Waals surface area contributed by atoms with E-state index >= 15 is 0 Å². The van der Waals surface area contributed by atoms with Crippen LogP contribution in [-0.4, -0.2) is 52.7 Å². The smallest absolute Gasteiger partial charge is 0.339 e. The largest absolute Gasteiger partial charge is 0.461 e. The number of cyclic esters (lactones) is 1. The highest BCUT2D eigenvalue weighted by Gasteiger charge is 2.67. The quantitative estimate of drug-likeness (QED) is 0.635. The molecule has 108 valence electrons. The zero-order chi connectivity index (χ0) is 14.4. The molecule has 0 bridgehead atoms. The Morgan fingerprint density at radius 1 is 1.58 bits per heavy atom. The van der Waals surface area contributed by atoms with E-state index < -0.39 is 55.0 Å². The van der Waals surface area contributed by atoms with Gasteiger partial charge in [0.2, 0.25) is 0 Å². The fourth-order valence-electron chi connectivity index (χ4n) is 2.61. The van der Waals surface area contributed by atoms with Crippen molar-refractivity contribution in [3.05, 3.63) is 11.5 Å². The molecule has 0 aliphatic carbocycles. The fourth-order valence-corrected chi connectivity index (χ4v) is 6.89. The van der Waals surface area contributed by atoms with E-state index in [2.05, 4.69) is 0 Å². The van der Waals surface area contributed by atoms with Gasteiger partial charge in [-0.25, -0.2) is 4.79 Å². The molecule has 19 heavy (non-hydrogen) atoms. The van der Waals surface area contributed by atoms with Crippen molar-refractivity contribution in [2.75, 3.05) is 6.61 Å². The van der Waals surface area contributed by atoms with Crippen molar-refractivity contribution in [1.29, 1.82) is 0 Å². The summed E-state index contributed by atoms with van der Waals surface area (Å²) in [5, 5.41) is 20.5. The maximum absolute atomic E-state index is 12.4. The molecule has 2 aliphatic heterocycles. The molecule has 2 saturated heterocycles. The molecule has 2 heterocycles. The van der Waals surface area contributed by atoms with Crippen molar-refractivity contribution in [2.24, 2.45) is 5.92 Å². The lowest BCUT2D eigenvalue weighted by Crippen LogP contribution is -2.61. The maximum Gasteiger partial charge on any atom is 0.339 e. The Morgan fingerprint density at radius 3 is 2.74 bits per heavy atom. The highest BCUT2D eigenvalue weighted by Crippen LogP contribution is 2.44. The van der Waals surface area contributed by atoms with Gasteiger partial charge in [-0.15, -0.1) is 0 Å². The van der Waals surface area contributed by atoms with Gasteiger partial charge in [-0.3, -0.25) is 8.42 Å². The van der Waals surface area contributed by atoms with E-state index in [0.717, 1.165) is 0 Å². The lowest BCUT2D eigenvalue weighted by Gasteiger charge is -2.36. The van der Waals surface area contributed by atoms with Crippen LogP contribution >= 0.6 is 0 Å². The van der Waals surface area contributed by atoms with Gasteiger partial charge in [-0.05, 0) is 12.3 Å². The zero-order valence-electron chi connectivity index (χ0n) is 10.5. The topological polar surface area (TPSA) is 101 Å². The van der Waals surface area contributed by atoms with E-state index in [1.807, 2.05) is 0 Å². The molecule has 5 unspecified atom stereocenters. The molecule has 2 fully saturated rings. The summed E-state index contributed by atoms with van der Waals surface area (Å²) in [5.74, 6) is -1.72. The molecule has 0 spiro atoms. The highest BCUT2D eigenvalue weighted by atomic mass is 32.2. The highest BCUT2D eigenvalue weighted by molar-refractivity contribution is 8.05.